The molecule has 0 unspecified atom stereocenters. The Morgan fingerprint density at radius 2 is 2.50 bits per heavy atom. The number of carbonyl (C=O) groups excluding carboxylic acids is 1. The number of aromatic nitrogens is 2. The molecule has 1 aliphatic heterocycles. The zero-order valence-electron chi connectivity index (χ0n) is 9.79. The van der Waals surface area contributed by atoms with Gasteiger partial charge in [-0.2, -0.15) is 5.10 Å². The summed E-state index contributed by atoms with van der Waals surface area (Å²) in [6, 6.07) is 0. The van der Waals surface area contributed by atoms with Crippen LogP contribution in [0.25, 0.3) is 0 Å². The lowest BCUT2D eigenvalue weighted by Crippen LogP contribution is -2.37. The largest absolute Gasteiger partial charge is 0.323 e. The van der Waals surface area contributed by atoms with Gasteiger partial charge in [-0.05, 0) is 26.3 Å². The smallest absolute Gasteiger partial charge is 0.228 e. The fraction of sp³-hybridized carbons (Fsp3) is 0.636. The van der Waals surface area contributed by atoms with Gasteiger partial charge >= 0.3 is 0 Å². The molecule has 0 bridgehead atoms. The van der Waals surface area contributed by atoms with Crippen molar-refractivity contribution in [3.63, 3.8) is 0 Å². The van der Waals surface area contributed by atoms with Gasteiger partial charge in [-0.3, -0.25) is 9.48 Å². The molecule has 2 rings (SSSR count). The summed E-state index contributed by atoms with van der Waals surface area (Å²) in [6.07, 6.45) is 3.88. The molecule has 5 nitrogen and oxygen atoms in total. The molecule has 2 heterocycles. The third kappa shape index (κ3) is 2.41. The van der Waals surface area contributed by atoms with Crippen LogP contribution in [-0.4, -0.2) is 28.8 Å². The maximum absolute atomic E-state index is 11.9. The molecule has 1 aliphatic rings. The first-order valence-electron chi connectivity index (χ1n) is 5.68. The van der Waals surface area contributed by atoms with E-state index in [0.717, 1.165) is 37.3 Å². The molecule has 0 spiro atoms. The molecule has 1 aromatic rings. The predicted molar refractivity (Wildman–Crippen MR) is 62.2 cm³/mol. The highest BCUT2D eigenvalue weighted by Crippen LogP contribution is 2.16. The van der Waals surface area contributed by atoms with Crippen molar-refractivity contribution in [1.82, 2.24) is 15.1 Å². The van der Waals surface area contributed by atoms with Gasteiger partial charge in [-0.15, -0.1) is 0 Å². The van der Waals surface area contributed by atoms with Crippen molar-refractivity contribution in [3.05, 3.63) is 11.9 Å². The zero-order chi connectivity index (χ0) is 11.5. The number of piperidine rings is 1. The van der Waals surface area contributed by atoms with Crippen LogP contribution in [-0.2, 0) is 11.8 Å². The van der Waals surface area contributed by atoms with Crippen LogP contribution in [0.1, 0.15) is 18.5 Å². The molecule has 0 radical (unpaired) electrons. The van der Waals surface area contributed by atoms with Crippen molar-refractivity contribution in [2.45, 2.75) is 19.8 Å². The number of anilines is 1. The van der Waals surface area contributed by atoms with Crippen molar-refractivity contribution in [2.24, 2.45) is 13.0 Å². The number of hydrogen-bond donors (Lipinski definition) is 2. The second kappa shape index (κ2) is 4.65. The Morgan fingerprint density at radius 3 is 3.06 bits per heavy atom. The SMILES string of the molecule is Cc1nn(C)cc1NC(=O)[C@H]1CCCNC1. The predicted octanol–water partition coefficient (Wildman–Crippen LogP) is 0.667. The summed E-state index contributed by atoms with van der Waals surface area (Å²) in [5.74, 6) is 0.191. The van der Waals surface area contributed by atoms with E-state index in [-0.39, 0.29) is 11.8 Å². The van der Waals surface area contributed by atoms with Gasteiger partial charge in [0.25, 0.3) is 0 Å². The topological polar surface area (TPSA) is 59.0 Å². The van der Waals surface area contributed by atoms with Crippen molar-refractivity contribution in [3.8, 4) is 0 Å². The Bertz CT molecular complexity index is 379. The van der Waals surface area contributed by atoms with Gasteiger partial charge in [0.2, 0.25) is 5.91 Å². The number of carbonyl (C=O) groups is 1. The number of hydrogen-bond acceptors (Lipinski definition) is 3. The lowest BCUT2D eigenvalue weighted by molar-refractivity contribution is -0.120. The minimum Gasteiger partial charge on any atom is -0.323 e. The Hall–Kier alpha value is -1.36. The highest BCUT2D eigenvalue weighted by molar-refractivity contribution is 5.93. The molecular weight excluding hydrogens is 204 g/mol. The van der Waals surface area contributed by atoms with Crippen molar-refractivity contribution >= 4 is 11.6 Å². The first-order valence-corrected chi connectivity index (χ1v) is 5.68. The quantitative estimate of drug-likeness (QED) is 0.773. The molecule has 0 saturated carbocycles. The highest BCUT2D eigenvalue weighted by Gasteiger charge is 2.21. The highest BCUT2D eigenvalue weighted by atomic mass is 16.1. The second-order valence-electron chi connectivity index (χ2n) is 4.33. The van der Waals surface area contributed by atoms with Crippen LogP contribution in [0.15, 0.2) is 6.20 Å². The standard InChI is InChI=1S/C11H18N4O/c1-8-10(7-15(2)14-8)13-11(16)9-4-3-5-12-6-9/h7,9,12H,3-6H2,1-2H3,(H,13,16)/t9-/m0/s1. The Balaban J connectivity index is 1.98. The summed E-state index contributed by atoms with van der Waals surface area (Å²) in [5.41, 5.74) is 1.68. The third-order valence-corrected chi connectivity index (χ3v) is 2.94. The molecule has 16 heavy (non-hydrogen) atoms. The fourth-order valence-electron chi connectivity index (χ4n) is 2.03. The average molecular weight is 222 g/mol. The molecule has 1 fully saturated rings. The number of amides is 1. The van der Waals surface area contributed by atoms with E-state index in [0.29, 0.717) is 0 Å². The molecule has 0 aliphatic carbocycles. The van der Waals surface area contributed by atoms with Crippen molar-refractivity contribution in [2.75, 3.05) is 18.4 Å². The molecular formula is C11H18N4O. The first-order chi connectivity index (χ1) is 7.66. The molecule has 0 aromatic carbocycles. The monoisotopic (exact) mass is 222 g/mol. The molecule has 5 heteroatoms. The minimum absolute atomic E-state index is 0.0911. The number of nitrogens with one attached hydrogen (secondary N) is 2. The van der Waals surface area contributed by atoms with Crippen LogP contribution in [0.2, 0.25) is 0 Å². The van der Waals surface area contributed by atoms with Crippen LogP contribution >= 0.6 is 0 Å². The van der Waals surface area contributed by atoms with E-state index in [1.807, 2.05) is 20.2 Å². The van der Waals surface area contributed by atoms with Crippen LogP contribution in [0.3, 0.4) is 0 Å². The lowest BCUT2D eigenvalue weighted by Gasteiger charge is -2.21. The number of aryl methyl sites for hydroxylation is 2. The van der Waals surface area contributed by atoms with E-state index in [9.17, 15) is 4.79 Å². The van der Waals surface area contributed by atoms with E-state index in [2.05, 4.69) is 15.7 Å². The molecule has 2 N–H and O–H groups in total. The second-order valence-corrected chi connectivity index (χ2v) is 4.33. The van der Waals surface area contributed by atoms with E-state index in [1.165, 1.54) is 0 Å². The van der Waals surface area contributed by atoms with Gasteiger partial charge in [-0.1, -0.05) is 0 Å². The van der Waals surface area contributed by atoms with Crippen LogP contribution in [0.4, 0.5) is 5.69 Å². The number of nitrogens with zero attached hydrogens (tertiary/aromatic N) is 2. The molecule has 1 saturated heterocycles. The van der Waals surface area contributed by atoms with E-state index in [4.69, 9.17) is 0 Å². The van der Waals surface area contributed by atoms with Gasteiger partial charge in [0.15, 0.2) is 0 Å². The maximum atomic E-state index is 11.9. The van der Waals surface area contributed by atoms with E-state index >= 15 is 0 Å². The van der Waals surface area contributed by atoms with Crippen LogP contribution < -0.4 is 10.6 Å². The maximum Gasteiger partial charge on any atom is 0.228 e. The summed E-state index contributed by atoms with van der Waals surface area (Å²) in [5, 5.41) is 10.4. The summed E-state index contributed by atoms with van der Waals surface area (Å²) >= 11 is 0. The molecule has 1 atom stereocenters. The van der Waals surface area contributed by atoms with Gasteiger partial charge < -0.3 is 10.6 Å². The first kappa shape index (κ1) is 11.1. The van der Waals surface area contributed by atoms with Crippen molar-refractivity contribution < 1.29 is 4.79 Å². The zero-order valence-corrected chi connectivity index (χ0v) is 9.79. The average Bonchev–Trinajstić information content (AvgIpc) is 2.59. The summed E-state index contributed by atoms with van der Waals surface area (Å²) in [4.78, 5) is 11.9. The summed E-state index contributed by atoms with van der Waals surface area (Å²) < 4.78 is 1.71. The minimum atomic E-state index is 0.0911. The summed E-state index contributed by atoms with van der Waals surface area (Å²) in [7, 11) is 1.85. The van der Waals surface area contributed by atoms with Crippen LogP contribution in [0, 0.1) is 12.8 Å². The van der Waals surface area contributed by atoms with Gasteiger partial charge in [0, 0.05) is 19.8 Å². The Kier molecular flexibility index (Phi) is 3.24. The van der Waals surface area contributed by atoms with E-state index in [1.54, 1.807) is 4.68 Å². The van der Waals surface area contributed by atoms with Crippen molar-refractivity contribution in [1.29, 1.82) is 0 Å². The molecule has 1 amide bonds. The third-order valence-electron chi connectivity index (χ3n) is 2.94. The summed E-state index contributed by atoms with van der Waals surface area (Å²) in [6.45, 7) is 3.70. The normalized spacial score (nSPS) is 20.8. The van der Waals surface area contributed by atoms with Gasteiger partial charge in [0.05, 0.1) is 17.3 Å². The molecule has 1 aromatic heterocycles. The Labute approximate surface area is 95.2 Å². The van der Waals surface area contributed by atoms with Gasteiger partial charge in [0.1, 0.15) is 0 Å². The fourth-order valence-corrected chi connectivity index (χ4v) is 2.03. The van der Waals surface area contributed by atoms with Crippen LogP contribution in [0.5, 0.6) is 0 Å². The Morgan fingerprint density at radius 1 is 1.69 bits per heavy atom. The van der Waals surface area contributed by atoms with E-state index < -0.39 is 0 Å². The lowest BCUT2D eigenvalue weighted by atomic mass is 9.99. The van der Waals surface area contributed by atoms with Gasteiger partial charge in [-0.25, -0.2) is 0 Å². The molecule has 88 valence electrons. The number of rotatable bonds is 2.